The quantitative estimate of drug-likeness (QED) is 0.455. The molecule has 1 rings (SSSR count). The fourth-order valence-corrected chi connectivity index (χ4v) is 1.42. The van der Waals surface area contributed by atoms with Gasteiger partial charge in [-0.05, 0) is 25.7 Å². The van der Waals surface area contributed by atoms with Crippen molar-refractivity contribution in [2.75, 3.05) is 0 Å². The minimum atomic E-state index is 0.931. The van der Waals surface area contributed by atoms with Gasteiger partial charge in [0.2, 0.25) is 0 Å². The molecule has 0 amide bonds. The lowest BCUT2D eigenvalue weighted by Gasteiger charge is -1.96. The number of allylic oxidation sites excluding steroid dienone is 2. The summed E-state index contributed by atoms with van der Waals surface area (Å²) in [6, 6.07) is 0. The average molecular weight is 110 g/mol. The third-order valence-corrected chi connectivity index (χ3v) is 1.86. The molecule has 8 heavy (non-hydrogen) atoms. The van der Waals surface area contributed by atoms with Crippen LogP contribution in [0.15, 0.2) is 12.2 Å². The fraction of sp³-hybridized carbons (Fsp3) is 0.750. The van der Waals surface area contributed by atoms with Gasteiger partial charge in [0.15, 0.2) is 0 Å². The second-order valence-corrected chi connectivity index (χ2v) is 2.57. The highest BCUT2D eigenvalue weighted by Gasteiger charge is 2.09. The van der Waals surface area contributed by atoms with Crippen LogP contribution in [0.25, 0.3) is 0 Å². The molecule has 0 N–H and O–H groups in total. The molecular weight excluding hydrogens is 96.1 g/mol. The van der Waals surface area contributed by atoms with E-state index in [1.807, 2.05) is 0 Å². The molecule has 1 aliphatic carbocycles. The van der Waals surface area contributed by atoms with Crippen molar-refractivity contribution in [2.24, 2.45) is 5.92 Å². The zero-order valence-electron chi connectivity index (χ0n) is 5.56. The van der Waals surface area contributed by atoms with Gasteiger partial charge in [-0.1, -0.05) is 25.0 Å². The standard InChI is InChI=1S/C8H14/c1-2-5-8-6-3-4-7-8/h2,5,8H,3-4,6-7H2,1H3/b5-2+. The summed E-state index contributed by atoms with van der Waals surface area (Å²) in [5, 5.41) is 0. The van der Waals surface area contributed by atoms with E-state index in [9.17, 15) is 0 Å². The maximum atomic E-state index is 2.34. The first-order valence-corrected chi connectivity index (χ1v) is 3.56. The predicted molar refractivity (Wildman–Crippen MR) is 36.8 cm³/mol. The molecule has 0 aromatic rings. The lowest BCUT2D eigenvalue weighted by atomic mass is 10.1. The monoisotopic (exact) mass is 110 g/mol. The lowest BCUT2D eigenvalue weighted by molar-refractivity contribution is 0.685. The molecule has 0 heteroatoms. The Balaban J connectivity index is 2.24. The van der Waals surface area contributed by atoms with Crippen LogP contribution in [0.1, 0.15) is 32.6 Å². The topological polar surface area (TPSA) is 0 Å². The lowest BCUT2D eigenvalue weighted by Crippen LogP contribution is -1.83. The van der Waals surface area contributed by atoms with Crippen LogP contribution in [-0.4, -0.2) is 0 Å². The van der Waals surface area contributed by atoms with E-state index in [1.54, 1.807) is 0 Å². The van der Waals surface area contributed by atoms with E-state index in [-0.39, 0.29) is 0 Å². The fourth-order valence-electron chi connectivity index (χ4n) is 1.42. The van der Waals surface area contributed by atoms with Gasteiger partial charge in [-0.3, -0.25) is 0 Å². The van der Waals surface area contributed by atoms with Crippen molar-refractivity contribution in [3.05, 3.63) is 12.2 Å². The van der Waals surface area contributed by atoms with Gasteiger partial charge in [0.1, 0.15) is 0 Å². The van der Waals surface area contributed by atoms with Gasteiger partial charge in [-0.15, -0.1) is 0 Å². The second-order valence-electron chi connectivity index (χ2n) is 2.57. The third kappa shape index (κ3) is 1.36. The first-order valence-electron chi connectivity index (χ1n) is 3.56. The van der Waals surface area contributed by atoms with E-state index in [0.29, 0.717) is 0 Å². The molecule has 0 bridgehead atoms. The normalized spacial score (nSPS) is 23.1. The molecule has 0 aromatic heterocycles. The molecule has 1 aliphatic rings. The van der Waals surface area contributed by atoms with E-state index < -0.39 is 0 Å². The van der Waals surface area contributed by atoms with Crippen LogP contribution >= 0.6 is 0 Å². The molecule has 0 saturated heterocycles. The van der Waals surface area contributed by atoms with Gasteiger partial charge in [0.05, 0.1) is 0 Å². The Kier molecular flexibility index (Phi) is 2.13. The first-order chi connectivity index (χ1) is 3.93. The number of hydrogen-bond acceptors (Lipinski definition) is 0. The molecule has 46 valence electrons. The minimum Gasteiger partial charge on any atom is -0.0914 e. The molecule has 0 radical (unpaired) electrons. The van der Waals surface area contributed by atoms with E-state index in [0.717, 1.165) is 5.92 Å². The number of hydrogen-bond donors (Lipinski definition) is 0. The molecule has 0 nitrogen and oxygen atoms in total. The summed E-state index contributed by atoms with van der Waals surface area (Å²) in [5.74, 6) is 0.931. The van der Waals surface area contributed by atoms with Crippen LogP contribution < -0.4 is 0 Å². The van der Waals surface area contributed by atoms with Crippen molar-refractivity contribution >= 4 is 0 Å². The molecular formula is C8H14. The molecule has 0 heterocycles. The van der Waals surface area contributed by atoms with Crippen molar-refractivity contribution in [2.45, 2.75) is 32.6 Å². The second kappa shape index (κ2) is 2.91. The Hall–Kier alpha value is -0.260. The van der Waals surface area contributed by atoms with Gasteiger partial charge in [-0.25, -0.2) is 0 Å². The van der Waals surface area contributed by atoms with Crippen LogP contribution in [0.2, 0.25) is 0 Å². The molecule has 0 unspecified atom stereocenters. The maximum absolute atomic E-state index is 2.34. The predicted octanol–water partition coefficient (Wildman–Crippen LogP) is 2.75. The SMILES string of the molecule is C/C=C/C1CCCC1. The van der Waals surface area contributed by atoms with Gasteiger partial charge >= 0.3 is 0 Å². The Bertz CT molecular complexity index is 76.0. The largest absolute Gasteiger partial charge is 0.0914 e. The summed E-state index contributed by atoms with van der Waals surface area (Å²) in [6.07, 6.45) is 10.3. The van der Waals surface area contributed by atoms with E-state index in [1.165, 1.54) is 25.7 Å². The molecule has 0 aliphatic heterocycles. The highest BCUT2D eigenvalue weighted by Crippen LogP contribution is 2.25. The highest BCUT2D eigenvalue weighted by atomic mass is 14.2. The van der Waals surface area contributed by atoms with E-state index in [4.69, 9.17) is 0 Å². The Morgan fingerprint density at radius 2 is 1.88 bits per heavy atom. The summed E-state index contributed by atoms with van der Waals surface area (Å²) in [5.41, 5.74) is 0. The molecule has 0 atom stereocenters. The summed E-state index contributed by atoms with van der Waals surface area (Å²) >= 11 is 0. The van der Waals surface area contributed by atoms with Gasteiger partial charge in [-0.2, -0.15) is 0 Å². The smallest absolute Gasteiger partial charge is 0.0234 e. The van der Waals surface area contributed by atoms with E-state index in [2.05, 4.69) is 19.1 Å². The molecule has 0 aromatic carbocycles. The van der Waals surface area contributed by atoms with Crippen LogP contribution in [0.3, 0.4) is 0 Å². The van der Waals surface area contributed by atoms with Crippen molar-refractivity contribution < 1.29 is 0 Å². The number of rotatable bonds is 1. The Morgan fingerprint density at radius 3 is 2.38 bits per heavy atom. The summed E-state index contributed by atoms with van der Waals surface area (Å²) < 4.78 is 0. The maximum Gasteiger partial charge on any atom is -0.0234 e. The Labute approximate surface area is 51.6 Å². The van der Waals surface area contributed by atoms with Crippen LogP contribution in [0, 0.1) is 5.92 Å². The van der Waals surface area contributed by atoms with Crippen molar-refractivity contribution in [3.8, 4) is 0 Å². The van der Waals surface area contributed by atoms with Gasteiger partial charge in [0.25, 0.3) is 0 Å². The summed E-state index contributed by atoms with van der Waals surface area (Å²) in [6.45, 7) is 2.11. The molecule has 0 spiro atoms. The first kappa shape index (κ1) is 5.87. The molecule has 1 saturated carbocycles. The minimum absolute atomic E-state index is 0.931. The average Bonchev–Trinajstić information content (AvgIpc) is 2.19. The third-order valence-electron chi connectivity index (χ3n) is 1.86. The van der Waals surface area contributed by atoms with Crippen molar-refractivity contribution in [1.29, 1.82) is 0 Å². The zero-order valence-corrected chi connectivity index (χ0v) is 5.56. The zero-order chi connectivity index (χ0) is 5.82. The summed E-state index contributed by atoms with van der Waals surface area (Å²) in [4.78, 5) is 0. The van der Waals surface area contributed by atoms with Crippen LogP contribution in [0.5, 0.6) is 0 Å². The van der Waals surface area contributed by atoms with Gasteiger partial charge in [0, 0.05) is 0 Å². The van der Waals surface area contributed by atoms with Crippen molar-refractivity contribution in [3.63, 3.8) is 0 Å². The highest BCUT2D eigenvalue weighted by molar-refractivity contribution is 4.87. The van der Waals surface area contributed by atoms with Gasteiger partial charge < -0.3 is 0 Å². The van der Waals surface area contributed by atoms with Crippen LogP contribution in [-0.2, 0) is 0 Å². The molecule has 1 fully saturated rings. The van der Waals surface area contributed by atoms with Crippen molar-refractivity contribution in [1.82, 2.24) is 0 Å². The van der Waals surface area contributed by atoms with E-state index >= 15 is 0 Å². The van der Waals surface area contributed by atoms with Crippen LogP contribution in [0.4, 0.5) is 0 Å². The summed E-state index contributed by atoms with van der Waals surface area (Å²) in [7, 11) is 0. The Morgan fingerprint density at radius 1 is 1.25 bits per heavy atom.